The van der Waals surface area contributed by atoms with Crippen molar-refractivity contribution in [1.82, 2.24) is 14.8 Å². The summed E-state index contributed by atoms with van der Waals surface area (Å²) in [5, 5.41) is 4.89. The maximum Gasteiger partial charge on any atom is 0.225 e. The Labute approximate surface area is 120 Å². The summed E-state index contributed by atoms with van der Waals surface area (Å²) >= 11 is 1.54. The van der Waals surface area contributed by atoms with Crippen LogP contribution in [0.3, 0.4) is 0 Å². The number of amides is 1. The number of benzene rings is 1. The molecule has 0 fully saturated rings. The molecule has 0 saturated carbocycles. The minimum absolute atomic E-state index is 0.00351. The fourth-order valence-corrected chi connectivity index (χ4v) is 3.03. The van der Waals surface area contributed by atoms with E-state index in [-0.39, 0.29) is 5.91 Å². The molecule has 20 heavy (non-hydrogen) atoms. The van der Waals surface area contributed by atoms with Crippen molar-refractivity contribution in [1.29, 1.82) is 0 Å². The van der Waals surface area contributed by atoms with Gasteiger partial charge in [-0.2, -0.15) is 5.10 Å². The number of carbonyl (C=O) groups is 1. The lowest BCUT2D eigenvalue weighted by molar-refractivity contribution is -0.116. The van der Waals surface area contributed by atoms with Gasteiger partial charge in [-0.25, -0.2) is 4.98 Å². The zero-order valence-corrected chi connectivity index (χ0v) is 11.9. The highest BCUT2D eigenvalue weighted by atomic mass is 32.1. The number of aromatic nitrogens is 3. The largest absolute Gasteiger partial charge is 0.286 e. The van der Waals surface area contributed by atoms with Crippen molar-refractivity contribution in [3.63, 3.8) is 0 Å². The van der Waals surface area contributed by atoms with Crippen molar-refractivity contribution in [2.24, 2.45) is 0 Å². The molecule has 0 N–H and O–H groups in total. The van der Waals surface area contributed by atoms with Crippen LogP contribution in [0.4, 0.5) is 5.13 Å². The molecule has 5 nitrogen and oxygen atoms in total. The molecule has 0 aliphatic carbocycles. The number of para-hydroxylation sites is 1. The lowest BCUT2D eigenvalue weighted by atomic mass is 10.3. The molecule has 0 aliphatic heterocycles. The molecule has 102 valence electrons. The predicted octanol–water partition coefficient (Wildman–Crippen LogP) is 2.55. The SMILES string of the molecule is CC(=O)N(CCn1cccn1)c1nc2ccccc2s1. The highest BCUT2D eigenvalue weighted by Crippen LogP contribution is 2.28. The zero-order valence-electron chi connectivity index (χ0n) is 11.1. The fraction of sp³-hybridized carbons (Fsp3) is 0.214. The second-order valence-electron chi connectivity index (χ2n) is 4.40. The van der Waals surface area contributed by atoms with E-state index in [2.05, 4.69) is 10.1 Å². The normalized spacial score (nSPS) is 10.8. The van der Waals surface area contributed by atoms with Crippen LogP contribution in [-0.2, 0) is 11.3 Å². The molecule has 3 rings (SSSR count). The highest BCUT2D eigenvalue weighted by molar-refractivity contribution is 7.22. The van der Waals surface area contributed by atoms with Gasteiger partial charge in [-0.15, -0.1) is 0 Å². The molecule has 0 radical (unpaired) electrons. The van der Waals surface area contributed by atoms with Gasteiger partial charge >= 0.3 is 0 Å². The van der Waals surface area contributed by atoms with Crippen molar-refractivity contribution in [3.05, 3.63) is 42.7 Å². The Morgan fingerprint density at radius 1 is 1.35 bits per heavy atom. The summed E-state index contributed by atoms with van der Waals surface area (Å²) in [5.74, 6) is -0.00351. The van der Waals surface area contributed by atoms with Crippen molar-refractivity contribution >= 4 is 32.6 Å². The van der Waals surface area contributed by atoms with Gasteiger partial charge in [0.05, 0.1) is 16.8 Å². The van der Waals surface area contributed by atoms with Gasteiger partial charge in [0.15, 0.2) is 5.13 Å². The molecule has 2 heterocycles. The number of nitrogens with zero attached hydrogens (tertiary/aromatic N) is 4. The molecule has 1 aromatic carbocycles. The number of hydrogen-bond donors (Lipinski definition) is 0. The number of carbonyl (C=O) groups excluding carboxylic acids is 1. The maximum absolute atomic E-state index is 11.8. The van der Waals surface area contributed by atoms with Gasteiger partial charge in [0, 0.05) is 25.9 Å². The third-order valence-electron chi connectivity index (χ3n) is 3.01. The van der Waals surface area contributed by atoms with Crippen LogP contribution in [0, 0.1) is 0 Å². The first-order chi connectivity index (χ1) is 9.74. The summed E-state index contributed by atoms with van der Waals surface area (Å²) < 4.78 is 2.90. The van der Waals surface area contributed by atoms with Gasteiger partial charge < -0.3 is 0 Å². The van der Waals surface area contributed by atoms with E-state index in [9.17, 15) is 4.79 Å². The van der Waals surface area contributed by atoms with Gasteiger partial charge in [-0.3, -0.25) is 14.4 Å². The van der Waals surface area contributed by atoms with Gasteiger partial charge in [-0.05, 0) is 18.2 Å². The summed E-state index contributed by atoms with van der Waals surface area (Å²) in [6, 6.07) is 9.78. The Hall–Kier alpha value is -2.21. The van der Waals surface area contributed by atoms with Crippen molar-refractivity contribution < 1.29 is 4.79 Å². The Balaban J connectivity index is 1.84. The standard InChI is InChI=1S/C14H14N4OS/c1-11(19)18(10-9-17-8-4-7-15-17)14-16-12-5-2-3-6-13(12)20-14/h2-8H,9-10H2,1H3. The quantitative estimate of drug-likeness (QED) is 0.740. The van der Waals surface area contributed by atoms with E-state index in [0.29, 0.717) is 13.1 Å². The topological polar surface area (TPSA) is 51.0 Å². The van der Waals surface area contributed by atoms with Crippen LogP contribution >= 0.6 is 11.3 Å². The third kappa shape index (κ3) is 2.55. The Morgan fingerprint density at radius 2 is 2.20 bits per heavy atom. The Bertz CT molecular complexity index is 687. The lowest BCUT2D eigenvalue weighted by Gasteiger charge is -2.17. The first-order valence-corrected chi connectivity index (χ1v) is 7.17. The van der Waals surface area contributed by atoms with E-state index in [4.69, 9.17) is 0 Å². The van der Waals surface area contributed by atoms with Crippen LogP contribution in [0.25, 0.3) is 10.2 Å². The summed E-state index contributed by atoms with van der Waals surface area (Å²) in [6.07, 6.45) is 3.62. The van der Waals surface area contributed by atoms with Crippen LogP contribution < -0.4 is 4.90 Å². The second-order valence-corrected chi connectivity index (χ2v) is 5.41. The lowest BCUT2D eigenvalue weighted by Crippen LogP contribution is -2.31. The van der Waals surface area contributed by atoms with Crippen LogP contribution in [0.2, 0.25) is 0 Å². The van der Waals surface area contributed by atoms with E-state index in [1.165, 1.54) is 11.3 Å². The molecule has 0 spiro atoms. The summed E-state index contributed by atoms with van der Waals surface area (Å²) in [6.45, 7) is 2.79. The molecule has 2 aromatic heterocycles. The summed E-state index contributed by atoms with van der Waals surface area (Å²) in [7, 11) is 0. The number of rotatable bonds is 4. The minimum Gasteiger partial charge on any atom is -0.286 e. The summed E-state index contributed by atoms with van der Waals surface area (Å²) in [5.41, 5.74) is 0.929. The number of anilines is 1. The van der Waals surface area contributed by atoms with Crippen molar-refractivity contribution in [3.8, 4) is 0 Å². The predicted molar refractivity (Wildman–Crippen MR) is 79.9 cm³/mol. The molecule has 0 saturated heterocycles. The average Bonchev–Trinajstić information content (AvgIpc) is 3.06. The molecule has 0 bridgehead atoms. The van der Waals surface area contributed by atoms with Crippen molar-refractivity contribution in [2.45, 2.75) is 13.5 Å². The Morgan fingerprint density at radius 3 is 2.90 bits per heavy atom. The van der Waals surface area contributed by atoms with Crippen LogP contribution in [0.5, 0.6) is 0 Å². The maximum atomic E-state index is 11.8. The summed E-state index contributed by atoms with van der Waals surface area (Å²) in [4.78, 5) is 18.1. The van der Waals surface area contributed by atoms with E-state index in [1.54, 1.807) is 18.0 Å². The highest BCUT2D eigenvalue weighted by Gasteiger charge is 2.16. The van der Waals surface area contributed by atoms with Crippen LogP contribution in [0.1, 0.15) is 6.92 Å². The van der Waals surface area contributed by atoms with E-state index < -0.39 is 0 Å². The smallest absolute Gasteiger partial charge is 0.225 e. The molecular formula is C14H14N4OS. The van der Waals surface area contributed by atoms with Gasteiger partial charge in [-0.1, -0.05) is 23.5 Å². The first-order valence-electron chi connectivity index (χ1n) is 6.35. The number of fused-ring (bicyclic) bond motifs is 1. The molecule has 6 heteroatoms. The molecule has 1 amide bonds. The fourth-order valence-electron chi connectivity index (χ4n) is 2.00. The minimum atomic E-state index is -0.00351. The zero-order chi connectivity index (χ0) is 13.9. The molecular weight excluding hydrogens is 272 g/mol. The second kappa shape index (κ2) is 5.42. The molecule has 0 atom stereocenters. The Kier molecular flexibility index (Phi) is 3.47. The van der Waals surface area contributed by atoms with E-state index in [1.807, 2.05) is 41.2 Å². The molecule has 3 aromatic rings. The van der Waals surface area contributed by atoms with Gasteiger partial charge in [0.25, 0.3) is 0 Å². The van der Waals surface area contributed by atoms with Gasteiger partial charge in [0.2, 0.25) is 5.91 Å². The monoisotopic (exact) mass is 286 g/mol. The van der Waals surface area contributed by atoms with Gasteiger partial charge in [0.1, 0.15) is 0 Å². The van der Waals surface area contributed by atoms with Crippen LogP contribution in [-0.4, -0.2) is 27.2 Å². The average molecular weight is 286 g/mol. The number of hydrogen-bond acceptors (Lipinski definition) is 4. The van der Waals surface area contributed by atoms with E-state index in [0.717, 1.165) is 15.3 Å². The first kappa shape index (κ1) is 12.8. The number of thiazole rings is 1. The van der Waals surface area contributed by atoms with Crippen LogP contribution in [0.15, 0.2) is 42.7 Å². The van der Waals surface area contributed by atoms with E-state index >= 15 is 0 Å². The third-order valence-corrected chi connectivity index (χ3v) is 4.06. The molecule has 0 aliphatic rings. The van der Waals surface area contributed by atoms with Crippen molar-refractivity contribution in [2.75, 3.05) is 11.4 Å². The molecule has 0 unspecified atom stereocenters.